The summed E-state index contributed by atoms with van der Waals surface area (Å²) in [6.07, 6.45) is 2.44. The van der Waals surface area contributed by atoms with Crippen LogP contribution < -0.4 is 5.73 Å². The number of carbonyl (C=O) groups is 1. The molecule has 0 aliphatic carbocycles. The van der Waals surface area contributed by atoms with Gasteiger partial charge in [-0.2, -0.15) is 0 Å². The molecule has 1 saturated heterocycles. The van der Waals surface area contributed by atoms with E-state index in [2.05, 4.69) is 13.8 Å². The van der Waals surface area contributed by atoms with Gasteiger partial charge in [-0.05, 0) is 18.4 Å². The summed E-state index contributed by atoms with van der Waals surface area (Å²) >= 11 is 0. The van der Waals surface area contributed by atoms with E-state index in [0.717, 1.165) is 6.42 Å². The van der Waals surface area contributed by atoms with Crippen molar-refractivity contribution in [2.45, 2.75) is 32.9 Å². The molecule has 1 atom stereocenters. The lowest BCUT2D eigenvalue weighted by molar-refractivity contribution is -0.00749. The van der Waals surface area contributed by atoms with Crippen molar-refractivity contribution in [2.24, 2.45) is 11.7 Å². The largest absolute Gasteiger partial charge is 0.467 e. The molecule has 2 rings (SSSR count). The lowest BCUT2D eigenvalue weighted by Crippen LogP contribution is -2.49. The molecule has 1 aromatic rings. The smallest absolute Gasteiger partial charge is 0.257 e. The number of morpholine rings is 1. The molecule has 1 aliphatic heterocycles. The topological polar surface area (TPSA) is 68.7 Å². The highest BCUT2D eigenvalue weighted by Crippen LogP contribution is 2.19. The van der Waals surface area contributed by atoms with Crippen LogP contribution >= 0.6 is 12.4 Å². The normalized spacial score (nSPS) is 19.0. The zero-order chi connectivity index (χ0) is 13.8. The quantitative estimate of drug-likeness (QED) is 0.924. The minimum Gasteiger partial charge on any atom is -0.467 e. The second-order valence-electron chi connectivity index (χ2n) is 5.36. The first-order valence-corrected chi connectivity index (χ1v) is 6.78. The van der Waals surface area contributed by atoms with Crippen LogP contribution in [-0.4, -0.2) is 36.6 Å². The molecule has 6 heteroatoms. The van der Waals surface area contributed by atoms with Crippen molar-refractivity contribution in [3.63, 3.8) is 0 Å². The molecule has 0 bridgehead atoms. The Bertz CT molecular complexity index is 434. The van der Waals surface area contributed by atoms with Gasteiger partial charge in [-0.15, -0.1) is 12.4 Å². The molecule has 1 aliphatic rings. The Morgan fingerprint density at radius 3 is 2.90 bits per heavy atom. The number of furan rings is 1. The van der Waals surface area contributed by atoms with E-state index >= 15 is 0 Å². The zero-order valence-corrected chi connectivity index (χ0v) is 12.8. The average molecular weight is 303 g/mol. The molecule has 2 N–H and O–H groups in total. The van der Waals surface area contributed by atoms with Gasteiger partial charge in [0.15, 0.2) is 0 Å². The molecule has 1 amide bonds. The number of hydrogen-bond donors (Lipinski definition) is 1. The van der Waals surface area contributed by atoms with Gasteiger partial charge >= 0.3 is 0 Å². The number of amides is 1. The Kier molecular flexibility index (Phi) is 6.52. The van der Waals surface area contributed by atoms with Crippen molar-refractivity contribution in [1.29, 1.82) is 0 Å². The molecule has 1 aromatic heterocycles. The van der Waals surface area contributed by atoms with Gasteiger partial charge in [-0.1, -0.05) is 13.8 Å². The van der Waals surface area contributed by atoms with Gasteiger partial charge in [0, 0.05) is 6.54 Å². The van der Waals surface area contributed by atoms with E-state index in [1.807, 2.05) is 4.90 Å². The van der Waals surface area contributed by atoms with Crippen molar-refractivity contribution >= 4 is 18.3 Å². The van der Waals surface area contributed by atoms with Gasteiger partial charge in [-0.3, -0.25) is 4.79 Å². The summed E-state index contributed by atoms with van der Waals surface area (Å²) < 4.78 is 10.7. The van der Waals surface area contributed by atoms with Gasteiger partial charge in [0.2, 0.25) is 0 Å². The van der Waals surface area contributed by atoms with Crippen LogP contribution in [0.5, 0.6) is 0 Å². The summed E-state index contributed by atoms with van der Waals surface area (Å²) in [4.78, 5) is 14.4. The predicted molar refractivity (Wildman–Crippen MR) is 78.9 cm³/mol. The summed E-state index contributed by atoms with van der Waals surface area (Å²) in [5, 5.41) is 0. The fraction of sp³-hybridized carbons (Fsp3) is 0.643. The first kappa shape index (κ1) is 17.0. The Hall–Kier alpha value is -1.04. The highest BCUT2D eigenvalue weighted by atomic mass is 35.5. The third kappa shape index (κ3) is 3.98. The van der Waals surface area contributed by atoms with E-state index in [1.165, 1.54) is 6.26 Å². The van der Waals surface area contributed by atoms with Crippen molar-refractivity contribution in [3.8, 4) is 0 Å². The summed E-state index contributed by atoms with van der Waals surface area (Å²) in [6, 6.07) is 1.88. The van der Waals surface area contributed by atoms with Crippen molar-refractivity contribution < 1.29 is 13.9 Å². The molecule has 114 valence electrons. The average Bonchev–Trinajstić information content (AvgIpc) is 2.86. The number of nitrogens with zero attached hydrogens (tertiary/aromatic N) is 1. The maximum atomic E-state index is 12.5. The standard InChI is InChI=1S/C14H22N2O3.ClH/c1-10(2)5-12-9-18-4-3-16(12)14(17)11-6-13(7-15)19-8-11;/h6,8,10,12H,3-5,7,9,15H2,1-2H3;1H. The molecule has 0 radical (unpaired) electrons. The molecular formula is C14H23ClN2O3. The van der Waals surface area contributed by atoms with Gasteiger partial charge in [0.05, 0.1) is 31.4 Å². The van der Waals surface area contributed by atoms with E-state index < -0.39 is 0 Å². The summed E-state index contributed by atoms with van der Waals surface area (Å²) in [5.74, 6) is 1.18. The summed E-state index contributed by atoms with van der Waals surface area (Å²) in [7, 11) is 0. The lowest BCUT2D eigenvalue weighted by atomic mass is 10.0. The first-order chi connectivity index (χ1) is 9.11. The number of ether oxygens (including phenoxy) is 1. The maximum absolute atomic E-state index is 12.5. The predicted octanol–water partition coefficient (Wildman–Crippen LogP) is 2.05. The second kappa shape index (κ2) is 7.67. The van der Waals surface area contributed by atoms with Gasteiger partial charge in [0.25, 0.3) is 5.91 Å². The fourth-order valence-electron chi connectivity index (χ4n) is 2.43. The van der Waals surface area contributed by atoms with Crippen LogP contribution in [0, 0.1) is 5.92 Å². The number of halogens is 1. The van der Waals surface area contributed by atoms with Crippen LogP contribution in [0.2, 0.25) is 0 Å². The molecule has 1 unspecified atom stereocenters. The molecule has 2 heterocycles. The third-order valence-corrected chi connectivity index (χ3v) is 3.33. The van der Waals surface area contributed by atoms with E-state index in [4.69, 9.17) is 14.9 Å². The van der Waals surface area contributed by atoms with Crippen molar-refractivity contribution in [2.75, 3.05) is 19.8 Å². The van der Waals surface area contributed by atoms with Crippen LogP contribution in [0.25, 0.3) is 0 Å². The van der Waals surface area contributed by atoms with Crippen LogP contribution in [0.15, 0.2) is 16.7 Å². The highest BCUT2D eigenvalue weighted by Gasteiger charge is 2.29. The van der Waals surface area contributed by atoms with Gasteiger partial charge in [0.1, 0.15) is 12.0 Å². The molecule has 1 fully saturated rings. The van der Waals surface area contributed by atoms with Crippen LogP contribution in [-0.2, 0) is 11.3 Å². The number of carbonyl (C=O) groups excluding carboxylic acids is 1. The second-order valence-corrected chi connectivity index (χ2v) is 5.36. The first-order valence-electron chi connectivity index (χ1n) is 6.78. The van der Waals surface area contributed by atoms with Crippen LogP contribution in [0.4, 0.5) is 0 Å². The van der Waals surface area contributed by atoms with Crippen molar-refractivity contribution in [1.82, 2.24) is 4.90 Å². The molecular weight excluding hydrogens is 280 g/mol. The van der Waals surface area contributed by atoms with E-state index in [0.29, 0.717) is 43.5 Å². The fourth-order valence-corrected chi connectivity index (χ4v) is 2.43. The molecule has 0 saturated carbocycles. The monoisotopic (exact) mass is 302 g/mol. The third-order valence-electron chi connectivity index (χ3n) is 3.33. The SMILES string of the molecule is CC(C)CC1COCCN1C(=O)c1coc(CN)c1.Cl. The minimum absolute atomic E-state index is 0. The minimum atomic E-state index is 0. The summed E-state index contributed by atoms with van der Waals surface area (Å²) in [5.41, 5.74) is 6.08. The molecule has 5 nitrogen and oxygen atoms in total. The summed E-state index contributed by atoms with van der Waals surface area (Å²) in [6.45, 7) is 6.47. The molecule has 20 heavy (non-hydrogen) atoms. The maximum Gasteiger partial charge on any atom is 0.257 e. The Morgan fingerprint density at radius 2 is 2.30 bits per heavy atom. The van der Waals surface area contributed by atoms with Gasteiger partial charge in [-0.25, -0.2) is 0 Å². The van der Waals surface area contributed by atoms with E-state index in [-0.39, 0.29) is 24.4 Å². The zero-order valence-electron chi connectivity index (χ0n) is 12.0. The van der Waals surface area contributed by atoms with Crippen LogP contribution in [0.3, 0.4) is 0 Å². The number of hydrogen-bond acceptors (Lipinski definition) is 4. The number of rotatable bonds is 4. The van der Waals surface area contributed by atoms with E-state index in [1.54, 1.807) is 6.07 Å². The highest BCUT2D eigenvalue weighted by molar-refractivity contribution is 5.94. The van der Waals surface area contributed by atoms with Crippen molar-refractivity contribution in [3.05, 3.63) is 23.7 Å². The Balaban J connectivity index is 0.00000200. The molecule has 0 spiro atoms. The number of nitrogens with two attached hydrogens (primary N) is 1. The van der Waals surface area contributed by atoms with E-state index in [9.17, 15) is 4.79 Å². The Morgan fingerprint density at radius 1 is 1.55 bits per heavy atom. The molecule has 0 aromatic carbocycles. The lowest BCUT2D eigenvalue weighted by Gasteiger charge is -2.36. The van der Waals surface area contributed by atoms with Crippen LogP contribution in [0.1, 0.15) is 36.4 Å². The van der Waals surface area contributed by atoms with Gasteiger partial charge < -0.3 is 19.8 Å². The Labute approximate surface area is 125 Å².